The average Bonchev–Trinajstić information content (AvgIpc) is 2.36. The molecule has 0 heterocycles. The molecular formula is C14H23BrN2O. The molecule has 18 heavy (non-hydrogen) atoms. The van der Waals surface area contributed by atoms with Gasteiger partial charge in [-0.3, -0.25) is 4.90 Å². The monoisotopic (exact) mass is 314 g/mol. The number of nitrogens with one attached hydrogen (secondary N) is 1. The van der Waals surface area contributed by atoms with Crippen LogP contribution in [0.5, 0.6) is 0 Å². The van der Waals surface area contributed by atoms with Gasteiger partial charge in [0.05, 0.1) is 6.61 Å². The first-order chi connectivity index (χ1) is 8.67. The normalized spacial score (nSPS) is 11.2. The average molecular weight is 315 g/mol. The molecule has 0 aliphatic carbocycles. The summed E-state index contributed by atoms with van der Waals surface area (Å²) in [5.74, 6) is 0. The molecule has 1 aromatic rings. The van der Waals surface area contributed by atoms with Crippen LogP contribution in [0.4, 0.5) is 0 Å². The zero-order valence-corrected chi connectivity index (χ0v) is 13.1. The highest BCUT2D eigenvalue weighted by molar-refractivity contribution is 9.10. The third kappa shape index (κ3) is 5.48. The smallest absolute Gasteiger partial charge is 0.0589 e. The summed E-state index contributed by atoms with van der Waals surface area (Å²) in [6, 6.07) is 6.58. The minimum absolute atomic E-state index is 0.770. The van der Waals surface area contributed by atoms with E-state index in [2.05, 4.69) is 58.3 Å². The third-order valence-corrected chi connectivity index (χ3v) is 3.55. The Kier molecular flexibility index (Phi) is 7.51. The number of hydrogen-bond acceptors (Lipinski definition) is 3. The minimum atomic E-state index is 0.770. The summed E-state index contributed by atoms with van der Waals surface area (Å²) in [7, 11) is 3.84. The summed E-state index contributed by atoms with van der Waals surface area (Å²) in [4.78, 5) is 2.26. The Morgan fingerprint density at radius 3 is 2.78 bits per heavy atom. The lowest BCUT2D eigenvalue weighted by molar-refractivity contribution is 0.158. The number of ether oxygens (including phenoxy) is 1. The van der Waals surface area contributed by atoms with Crippen LogP contribution >= 0.6 is 15.9 Å². The van der Waals surface area contributed by atoms with Crippen molar-refractivity contribution in [2.45, 2.75) is 20.0 Å². The second-order valence-corrected chi connectivity index (χ2v) is 5.29. The highest BCUT2D eigenvalue weighted by atomic mass is 79.9. The minimum Gasteiger partial charge on any atom is -0.383 e. The van der Waals surface area contributed by atoms with Gasteiger partial charge in [0.2, 0.25) is 0 Å². The molecule has 1 rings (SSSR count). The second-order valence-electron chi connectivity index (χ2n) is 4.44. The molecule has 1 N–H and O–H groups in total. The van der Waals surface area contributed by atoms with Crippen LogP contribution in [0.2, 0.25) is 0 Å². The van der Waals surface area contributed by atoms with Gasteiger partial charge in [-0.05, 0) is 30.8 Å². The van der Waals surface area contributed by atoms with Crippen molar-refractivity contribution in [3.05, 3.63) is 33.8 Å². The Hall–Kier alpha value is -0.420. The van der Waals surface area contributed by atoms with E-state index in [1.165, 1.54) is 15.6 Å². The van der Waals surface area contributed by atoms with Crippen molar-refractivity contribution in [3.63, 3.8) is 0 Å². The number of benzene rings is 1. The lowest BCUT2D eigenvalue weighted by Crippen LogP contribution is -2.22. The fourth-order valence-electron chi connectivity index (χ4n) is 1.72. The molecule has 0 fully saturated rings. The van der Waals surface area contributed by atoms with Gasteiger partial charge in [0.15, 0.2) is 0 Å². The van der Waals surface area contributed by atoms with Gasteiger partial charge in [0.1, 0.15) is 0 Å². The fourth-order valence-corrected chi connectivity index (χ4v) is 2.27. The first-order valence-electron chi connectivity index (χ1n) is 6.32. The summed E-state index contributed by atoms with van der Waals surface area (Å²) in [5.41, 5.74) is 2.63. The number of likely N-dealkylation sites (N-methyl/N-ethyl adjacent to an activating group) is 1. The molecule has 0 aliphatic heterocycles. The first-order valence-corrected chi connectivity index (χ1v) is 7.12. The van der Waals surface area contributed by atoms with Crippen LogP contribution in [0.1, 0.15) is 18.1 Å². The van der Waals surface area contributed by atoms with Crippen LogP contribution in [0.3, 0.4) is 0 Å². The standard InChI is InChI=1S/C14H23BrN2O/c1-4-16-10-12-5-6-13(14(15)9-12)11-17(2)7-8-18-3/h5-6,9,16H,4,7-8,10-11H2,1-3H3. The molecule has 0 amide bonds. The molecule has 0 aromatic heterocycles. The van der Waals surface area contributed by atoms with Crippen LogP contribution in [-0.2, 0) is 17.8 Å². The van der Waals surface area contributed by atoms with Crippen LogP contribution in [0.15, 0.2) is 22.7 Å². The second kappa shape index (κ2) is 8.64. The van der Waals surface area contributed by atoms with E-state index in [1.54, 1.807) is 7.11 Å². The van der Waals surface area contributed by atoms with Crippen molar-refractivity contribution in [1.29, 1.82) is 0 Å². The molecule has 0 aliphatic rings. The number of nitrogens with zero attached hydrogens (tertiary/aromatic N) is 1. The van der Waals surface area contributed by atoms with Crippen molar-refractivity contribution >= 4 is 15.9 Å². The van der Waals surface area contributed by atoms with E-state index in [0.717, 1.165) is 32.8 Å². The molecule has 0 radical (unpaired) electrons. The van der Waals surface area contributed by atoms with Crippen LogP contribution in [-0.4, -0.2) is 38.8 Å². The lowest BCUT2D eigenvalue weighted by atomic mass is 10.1. The van der Waals surface area contributed by atoms with Gasteiger partial charge < -0.3 is 10.1 Å². The highest BCUT2D eigenvalue weighted by Gasteiger charge is 2.05. The number of halogens is 1. The number of rotatable bonds is 8. The number of hydrogen-bond donors (Lipinski definition) is 1. The summed E-state index contributed by atoms with van der Waals surface area (Å²) in [5, 5.41) is 3.33. The van der Waals surface area contributed by atoms with Crippen molar-refractivity contribution < 1.29 is 4.74 Å². The molecule has 0 saturated carbocycles. The molecule has 4 heteroatoms. The maximum absolute atomic E-state index is 5.08. The number of methoxy groups -OCH3 is 1. The van der Waals surface area contributed by atoms with E-state index >= 15 is 0 Å². The van der Waals surface area contributed by atoms with Crippen molar-refractivity contribution in [3.8, 4) is 0 Å². The Morgan fingerprint density at radius 1 is 1.39 bits per heavy atom. The summed E-state index contributed by atoms with van der Waals surface area (Å²) in [6.45, 7) is 6.70. The molecule has 0 atom stereocenters. The molecular weight excluding hydrogens is 292 g/mol. The van der Waals surface area contributed by atoms with Crippen molar-refractivity contribution in [2.75, 3.05) is 33.9 Å². The molecule has 0 saturated heterocycles. The van der Waals surface area contributed by atoms with Crippen LogP contribution in [0.25, 0.3) is 0 Å². The van der Waals surface area contributed by atoms with E-state index in [4.69, 9.17) is 4.74 Å². The zero-order valence-electron chi connectivity index (χ0n) is 11.5. The van der Waals surface area contributed by atoms with Gasteiger partial charge in [0, 0.05) is 31.2 Å². The van der Waals surface area contributed by atoms with E-state index in [1.807, 2.05) is 0 Å². The Labute approximate surface area is 119 Å². The van der Waals surface area contributed by atoms with E-state index < -0.39 is 0 Å². The molecule has 1 aromatic carbocycles. The maximum atomic E-state index is 5.08. The maximum Gasteiger partial charge on any atom is 0.0589 e. The summed E-state index contributed by atoms with van der Waals surface area (Å²) >= 11 is 3.65. The van der Waals surface area contributed by atoms with Gasteiger partial charge >= 0.3 is 0 Å². The van der Waals surface area contributed by atoms with Crippen molar-refractivity contribution in [2.24, 2.45) is 0 Å². The Bertz CT molecular complexity index is 358. The predicted molar refractivity (Wildman–Crippen MR) is 79.7 cm³/mol. The van der Waals surface area contributed by atoms with Gasteiger partial charge in [-0.15, -0.1) is 0 Å². The first kappa shape index (κ1) is 15.6. The topological polar surface area (TPSA) is 24.5 Å². The van der Waals surface area contributed by atoms with E-state index in [0.29, 0.717) is 0 Å². The van der Waals surface area contributed by atoms with E-state index in [-0.39, 0.29) is 0 Å². The van der Waals surface area contributed by atoms with Gasteiger partial charge in [-0.2, -0.15) is 0 Å². The molecule has 3 nitrogen and oxygen atoms in total. The highest BCUT2D eigenvalue weighted by Crippen LogP contribution is 2.20. The third-order valence-electron chi connectivity index (χ3n) is 2.81. The Balaban J connectivity index is 2.56. The fraction of sp³-hybridized carbons (Fsp3) is 0.571. The zero-order chi connectivity index (χ0) is 13.4. The predicted octanol–water partition coefficient (Wildman–Crippen LogP) is 2.64. The molecule has 0 spiro atoms. The quantitative estimate of drug-likeness (QED) is 0.798. The van der Waals surface area contributed by atoms with Crippen LogP contribution in [0, 0.1) is 0 Å². The lowest BCUT2D eigenvalue weighted by Gasteiger charge is -2.17. The largest absolute Gasteiger partial charge is 0.383 e. The van der Waals surface area contributed by atoms with Crippen LogP contribution < -0.4 is 5.32 Å². The summed E-state index contributed by atoms with van der Waals surface area (Å²) < 4.78 is 6.26. The molecule has 0 unspecified atom stereocenters. The van der Waals surface area contributed by atoms with Gasteiger partial charge in [-0.1, -0.05) is 35.0 Å². The molecule has 102 valence electrons. The SMILES string of the molecule is CCNCc1ccc(CN(C)CCOC)c(Br)c1. The Morgan fingerprint density at radius 2 is 2.17 bits per heavy atom. The van der Waals surface area contributed by atoms with E-state index in [9.17, 15) is 0 Å². The van der Waals surface area contributed by atoms with Gasteiger partial charge in [0.25, 0.3) is 0 Å². The van der Waals surface area contributed by atoms with Crippen molar-refractivity contribution in [1.82, 2.24) is 10.2 Å². The molecule has 0 bridgehead atoms. The summed E-state index contributed by atoms with van der Waals surface area (Å²) in [6.07, 6.45) is 0. The van der Waals surface area contributed by atoms with Gasteiger partial charge in [-0.25, -0.2) is 0 Å².